The van der Waals surface area contributed by atoms with Crippen LogP contribution < -0.4 is 10.6 Å². The number of piperazine rings is 1. The molecule has 128 valence electrons. The Balaban J connectivity index is 1.48. The first-order valence-corrected chi connectivity index (χ1v) is 9.54. The molecule has 2 aliphatic rings. The number of halogens is 2. The van der Waals surface area contributed by atoms with Crippen molar-refractivity contribution in [1.29, 1.82) is 0 Å². The van der Waals surface area contributed by atoms with Gasteiger partial charge < -0.3 is 10.6 Å². The van der Waals surface area contributed by atoms with Crippen LogP contribution >= 0.6 is 23.2 Å². The molecule has 2 N–H and O–H groups in total. The van der Waals surface area contributed by atoms with Crippen molar-refractivity contribution in [2.45, 2.75) is 25.7 Å². The minimum Gasteiger partial charge on any atom is -0.368 e. The van der Waals surface area contributed by atoms with Crippen LogP contribution in [0.3, 0.4) is 0 Å². The van der Waals surface area contributed by atoms with Crippen molar-refractivity contribution in [3.05, 3.63) is 28.2 Å². The van der Waals surface area contributed by atoms with Crippen molar-refractivity contribution < 1.29 is 0 Å². The van der Waals surface area contributed by atoms with Gasteiger partial charge in [-0.1, -0.05) is 29.3 Å². The first-order valence-electron chi connectivity index (χ1n) is 8.78. The van der Waals surface area contributed by atoms with E-state index in [9.17, 15) is 0 Å². The molecule has 0 radical (unpaired) electrons. The van der Waals surface area contributed by atoms with Crippen molar-refractivity contribution >= 4 is 28.9 Å². The first kappa shape index (κ1) is 17.3. The molecule has 0 spiro atoms. The van der Waals surface area contributed by atoms with E-state index in [4.69, 9.17) is 28.9 Å². The third-order valence-electron chi connectivity index (χ3n) is 5.46. The van der Waals surface area contributed by atoms with Crippen molar-refractivity contribution in [2.24, 2.45) is 17.6 Å². The van der Waals surface area contributed by atoms with E-state index in [1.807, 2.05) is 12.1 Å². The maximum Gasteiger partial charge on any atom is 0.0825 e. The fourth-order valence-electron chi connectivity index (χ4n) is 3.92. The molecule has 0 atom stereocenters. The molecule has 5 heteroatoms. The summed E-state index contributed by atoms with van der Waals surface area (Å²) in [6, 6.07) is 5.89. The smallest absolute Gasteiger partial charge is 0.0825 e. The number of benzene rings is 1. The van der Waals surface area contributed by atoms with Gasteiger partial charge in [0.05, 0.1) is 15.7 Å². The highest BCUT2D eigenvalue weighted by Crippen LogP contribution is 2.33. The molecule has 0 aromatic heterocycles. The second-order valence-electron chi connectivity index (χ2n) is 6.98. The molecule has 23 heavy (non-hydrogen) atoms. The van der Waals surface area contributed by atoms with Crippen LogP contribution in [0.5, 0.6) is 0 Å². The van der Waals surface area contributed by atoms with Gasteiger partial charge >= 0.3 is 0 Å². The van der Waals surface area contributed by atoms with Crippen LogP contribution in [0.2, 0.25) is 10.0 Å². The molecule has 1 heterocycles. The number of anilines is 1. The first-order chi connectivity index (χ1) is 11.2. The molecule has 2 fully saturated rings. The summed E-state index contributed by atoms with van der Waals surface area (Å²) in [7, 11) is 0. The van der Waals surface area contributed by atoms with Crippen LogP contribution in [0.1, 0.15) is 25.7 Å². The Morgan fingerprint density at radius 3 is 2.26 bits per heavy atom. The summed E-state index contributed by atoms with van der Waals surface area (Å²) in [6.45, 7) is 6.38. The van der Waals surface area contributed by atoms with Gasteiger partial charge in [-0.25, -0.2) is 0 Å². The average Bonchev–Trinajstić information content (AvgIpc) is 2.59. The van der Waals surface area contributed by atoms with Crippen LogP contribution in [-0.4, -0.2) is 44.2 Å². The van der Waals surface area contributed by atoms with Gasteiger partial charge in [0.15, 0.2) is 0 Å². The summed E-state index contributed by atoms with van der Waals surface area (Å²) in [6.07, 6.45) is 5.34. The molecule has 1 saturated carbocycles. The van der Waals surface area contributed by atoms with E-state index in [1.165, 1.54) is 32.2 Å². The quantitative estimate of drug-likeness (QED) is 0.889. The molecule has 0 amide bonds. The number of rotatable bonds is 4. The Labute approximate surface area is 149 Å². The summed E-state index contributed by atoms with van der Waals surface area (Å²) < 4.78 is 0. The van der Waals surface area contributed by atoms with E-state index in [2.05, 4.69) is 15.9 Å². The summed E-state index contributed by atoms with van der Waals surface area (Å²) >= 11 is 12.5. The normalized spacial score (nSPS) is 26.5. The van der Waals surface area contributed by atoms with Crippen molar-refractivity contribution in [2.75, 3.05) is 44.2 Å². The minimum atomic E-state index is 0.642. The lowest BCUT2D eigenvalue weighted by Crippen LogP contribution is -2.48. The zero-order valence-corrected chi connectivity index (χ0v) is 15.2. The highest BCUT2D eigenvalue weighted by molar-refractivity contribution is 6.43. The Kier molecular flexibility index (Phi) is 6.08. The predicted octanol–water partition coefficient (Wildman–Crippen LogP) is 3.88. The maximum atomic E-state index is 6.35. The summed E-state index contributed by atoms with van der Waals surface area (Å²) in [5, 5.41) is 1.32. The molecule has 1 aliphatic carbocycles. The Hall–Kier alpha value is -0.480. The van der Waals surface area contributed by atoms with Crippen molar-refractivity contribution in [3.63, 3.8) is 0 Å². The third-order valence-corrected chi connectivity index (χ3v) is 6.27. The fraction of sp³-hybridized carbons (Fsp3) is 0.667. The van der Waals surface area contributed by atoms with Crippen molar-refractivity contribution in [3.8, 4) is 0 Å². The molecular formula is C18H27Cl2N3. The Bertz CT molecular complexity index is 507. The zero-order valence-electron chi connectivity index (χ0n) is 13.7. The van der Waals surface area contributed by atoms with Crippen LogP contribution in [0.15, 0.2) is 18.2 Å². The predicted molar refractivity (Wildman–Crippen MR) is 99.6 cm³/mol. The van der Waals surface area contributed by atoms with Crippen LogP contribution in [0.4, 0.5) is 5.69 Å². The third kappa shape index (κ3) is 4.33. The summed E-state index contributed by atoms with van der Waals surface area (Å²) in [4.78, 5) is 4.97. The SMILES string of the molecule is NCC1CCC(CN2CCN(c3cccc(Cl)c3Cl)CC2)CC1. The molecular weight excluding hydrogens is 329 g/mol. The molecule has 3 nitrogen and oxygen atoms in total. The standard InChI is InChI=1S/C18H27Cl2N3/c19-16-2-1-3-17(18(16)20)23-10-8-22(9-11-23)13-15-6-4-14(12-21)5-7-15/h1-3,14-15H,4-13,21H2. The van der Waals surface area contributed by atoms with Gasteiger partial charge in [0.1, 0.15) is 0 Å². The van der Waals surface area contributed by atoms with Gasteiger partial charge in [-0.3, -0.25) is 4.90 Å². The minimum absolute atomic E-state index is 0.642. The molecule has 0 unspecified atom stereocenters. The van der Waals surface area contributed by atoms with E-state index < -0.39 is 0 Å². The lowest BCUT2D eigenvalue weighted by atomic mass is 9.82. The van der Waals surface area contributed by atoms with Crippen molar-refractivity contribution in [1.82, 2.24) is 4.90 Å². The topological polar surface area (TPSA) is 32.5 Å². The van der Waals surface area contributed by atoms with Gasteiger partial charge in [-0.2, -0.15) is 0 Å². The molecule has 1 saturated heterocycles. The second-order valence-corrected chi connectivity index (χ2v) is 7.77. The number of nitrogens with two attached hydrogens (primary N) is 1. The van der Waals surface area contributed by atoms with Gasteiger partial charge in [0.2, 0.25) is 0 Å². The monoisotopic (exact) mass is 355 g/mol. The fourth-order valence-corrected chi connectivity index (χ4v) is 4.34. The highest BCUT2D eigenvalue weighted by atomic mass is 35.5. The largest absolute Gasteiger partial charge is 0.368 e. The van der Waals surface area contributed by atoms with E-state index in [0.29, 0.717) is 10.0 Å². The lowest BCUT2D eigenvalue weighted by molar-refractivity contribution is 0.175. The number of hydrogen-bond donors (Lipinski definition) is 1. The molecule has 1 aromatic rings. The molecule has 1 aliphatic heterocycles. The van der Waals surface area contributed by atoms with Gasteiger partial charge in [-0.05, 0) is 56.2 Å². The number of nitrogens with zero attached hydrogens (tertiary/aromatic N) is 2. The van der Waals surface area contributed by atoms with E-state index in [1.54, 1.807) is 0 Å². The molecule has 1 aromatic carbocycles. The van der Waals surface area contributed by atoms with Gasteiger partial charge in [0, 0.05) is 32.7 Å². The van der Waals surface area contributed by atoms with Crippen LogP contribution in [0.25, 0.3) is 0 Å². The van der Waals surface area contributed by atoms with E-state index >= 15 is 0 Å². The van der Waals surface area contributed by atoms with Crippen LogP contribution in [-0.2, 0) is 0 Å². The van der Waals surface area contributed by atoms with E-state index in [-0.39, 0.29) is 0 Å². The Morgan fingerprint density at radius 1 is 0.957 bits per heavy atom. The summed E-state index contributed by atoms with van der Waals surface area (Å²) in [5.74, 6) is 1.63. The second kappa shape index (κ2) is 8.06. The van der Waals surface area contributed by atoms with Crippen LogP contribution in [0, 0.1) is 11.8 Å². The maximum absolute atomic E-state index is 6.35. The van der Waals surface area contributed by atoms with E-state index in [0.717, 1.165) is 50.2 Å². The zero-order chi connectivity index (χ0) is 16.2. The average molecular weight is 356 g/mol. The molecule has 0 bridgehead atoms. The molecule has 3 rings (SSSR count). The summed E-state index contributed by atoms with van der Waals surface area (Å²) in [5.41, 5.74) is 6.86. The lowest BCUT2D eigenvalue weighted by Gasteiger charge is -2.39. The van der Waals surface area contributed by atoms with Gasteiger partial charge in [-0.15, -0.1) is 0 Å². The Morgan fingerprint density at radius 2 is 1.61 bits per heavy atom. The highest BCUT2D eigenvalue weighted by Gasteiger charge is 2.25. The number of hydrogen-bond acceptors (Lipinski definition) is 3. The van der Waals surface area contributed by atoms with Gasteiger partial charge in [0.25, 0.3) is 0 Å².